The molecule has 1 amide bonds. The Bertz CT molecular complexity index is 651. The average Bonchev–Trinajstić information content (AvgIpc) is 2.82. The van der Waals surface area contributed by atoms with Crippen molar-refractivity contribution in [2.24, 2.45) is 0 Å². The van der Waals surface area contributed by atoms with E-state index in [1.807, 2.05) is 6.92 Å². The van der Waals surface area contributed by atoms with Gasteiger partial charge in [0.2, 0.25) is 5.91 Å². The first kappa shape index (κ1) is 15.0. The van der Waals surface area contributed by atoms with Crippen molar-refractivity contribution in [1.82, 2.24) is 4.98 Å². The van der Waals surface area contributed by atoms with Gasteiger partial charge < -0.3 is 15.1 Å². The van der Waals surface area contributed by atoms with Crippen molar-refractivity contribution in [2.75, 3.05) is 11.4 Å². The van der Waals surface area contributed by atoms with Gasteiger partial charge >= 0.3 is 5.97 Å². The second-order valence-electron chi connectivity index (χ2n) is 4.42. The van der Waals surface area contributed by atoms with Crippen LogP contribution in [0.2, 0.25) is 0 Å². The third-order valence-corrected chi connectivity index (χ3v) is 3.58. The van der Waals surface area contributed by atoms with Crippen molar-refractivity contribution >= 4 is 28.9 Å². The molecule has 2 rings (SSSR count). The van der Waals surface area contributed by atoms with E-state index < -0.39 is 12.5 Å². The topological polar surface area (TPSA) is 90.7 Å². The number of hydrogen-bond donors (Lipinski definition) is 2. The predicted octanol–water partition coefficient (Wildman–Crippen LogP) is 1.82. The zero-order valence-corrected chi connectivity index (χ0v) is 12.1. The Morgan fingerprint density at radius 1 is 1.29 bits per heavy atom. The molecule has 0 radical (unpaired) electrons. The maximum Gasteiger partial charge on any atom is 0.323 e. The average molecular weight is 306 g/mol. The molecule has 2 aromatic rings. The fourth-order valence-corrected chi connectivity index (χ4v) is 2.44. The van der Waals surface area contributed by atoms with E-state index in [0.717, 1.165) is 9.91 Å². The number of carbonyl (C=O) groups is 2. The number of hydrogen-bond acceptors (Lipinski definition) is 5. The molecule has 0 atom stereocenters. The molecule has 6 nitrogen and oxygen atoms in total. The van der Waals surface area contributed by atoms with Crippen LogP contribution in [0.3, 0.4) is 0 Å². The third-order valence-electron chi connectivity index (χ3n) is 2.75. The van der Waals surface area contributed by atoms with Crippen LogP contribution in [0.4, 0.5) is 5.69 Å². The summed E-state index contributed by atoms with van der Waals surface area (Å²) >= 11 is 1.44. The van der Waals surface area contributed by atoms with E-state index in [2.05, 4.69) is 4.98 Å². The summed E-state index contributed by atoms with van der Waals surface area (Å²) in [7, 11) is 0. The fraction of sp³-hybridized carbons (Fsp3) is 0.214. The lowest BCUT2D eigenvalue weighted by atomic mass is 10.2. The monoisotopic (exact) mass is 306 g/mol. The number of nitrogens with zero attached hydrogens (tertiary/aromatic N) is 2. The molecule has 0 fully saturated rings. The Kier molecular flexibility index (Phi) is 4.54. The largest absolute Gasteiger partial charge is 0.508 e. The maximum atomic E-state index is 12.3. The molecule has 0 unspecified atom stereocenters. The Hall–Kier alpha value is -2.41. The lowest BCUT2D eigenvalue weighted by Crippen LogP contribution is -2.36. The van der Waals surface area contributed by atoms with Gasteiger partial charge in [-0.05, 0) is 31.2 Å². The minimum atomic E-state index is -1.11. The van der Waals surface area contributed by atoms with Gasteiger partial charge in [0.15, 0.2) is 0 Å². The van der Waals surface area contributed by atoms with Crippen LogP contribution >= 0.6 is 11.3 Å². The van der Waals surface area contributed by atoms with Crippen LogP contribution in [-0.4, -0.2) is 33.6 Å². The van der Waals surface area contributed by atoms with Gasteiger partial charge in [-0.1, -0.05) is 0 Å². The summed E-state index contributed by atoms with van der Waals surface area (Å²) in [5, 5.41) is 20.9. The van der Waals surface area contributed by atoms with Crippen LogP contribution in [-0.2, 0) is 16.0 Å². The molecule has 0 aliphatic carbocycles. The summed E-state index contributed by atoms with van der Waals surface area (Å²) in [5.74, 6) is -1.41. The number of phenols is 1. The number of amides is 1. The highest BCUT2D eigenvalue weighted by molar-refractivity contribution is 7.09. The molecule has 0 aliphatic heterocycles. The van der Waals surface area contributed by atoms with E-state index in [0.29, 0.717) is 11.4 Å². The number of aliphatic carboxylic acids is 1. The lowest BCUT2D eigenvalue weighted by molar-refractivity contribution is -0.136. The second-order valence-corrected chi connectivity index (χ2v) is 5.49. The molecule has 2 N–H and O–H groups in total. The van der Waals surface area contributed by atoms with Crippen LogP contribution in [0.25, 0.3) is 0 Å². The number of carboxylic acids is 1. The predicted molar refractivity (Wildman–Crippen MR) is 78.7 cm³/mol. The molecule has 0 bridgehead atoms. The van der Waals surface area contributed by atoms with E-state index in [-0.39, 0.29) is 18.1 Å². The number of benzene rings is 1. The number of aromatic hydroxyl groups is 1. The zero-order valence-electron chi connectivity index (χ0n) is 11.3. The standard InChI is InChI=1S/C14H14N2O4S/c1-9-15-10(8-21-9)6-13(18)16(7-14(19)20)11-2-4-12(17)5-3-11/h2-5,8,17H,6-7H2,1H3,(H,19,20). The Morgan fingerprint density at radius 3 is 2.48 bits per heavy atom. The molecule has 21 heavy (non-hydrogen) atoms. The van der Waals surface area contributed by atoms with E-state index in [9.17, 15) is 14.7 Å². The molecule has 0 spiro atoms. The normalized spacial score (nSPS) is 10.3. The molecule has 0 saturated heterocycles. The first-order valence-corrected chi connectivity index (χ1v) is 7.06. The first-order chi connectivity index (χ1) is 9.95. The van der Waals surface area contributed by atoms with Crippen LogP contribution in [0.1, 0.15) is 10.7 Å². The summed E-state index contributed by atoms with van der Waals surface area (Å²) in [5.41, 5.74) is 1.05. The Balaban J connectivity index is 2.20. The molecule has 0 aliphatic rings. The molecule has 0 saturated carbocycles. The van der Waals surface area contributed by atoms with Crippen LogP contribution in [0.5, 0.6) is 5.75 Å². The number of phenolic OH excluding ortho intramolecular Hbond substituents is 1. The molecule has 1 heterocycles. The highest BCUT2D eigenvalue weighted by Gasteiger charge is 2.20. The van der Waals surface area contributed by atoms with E-state index in [1.54, 1.807) is 5.38 Å². The van der Waals surface area contributed by atoms with Crippen molar-refractivity contribution in [3.8, 4) is 5.75 Å². The summed E-state index contributed by atoms with van der Waals surface area (Å²) in [6.07, 6.45) is 0.0402. The molecule has 7 heteroatoms. The minimum absolute atomic E-state index is 0.0402. The number of aromatic nitrogens is 1. The Labute approximate surface area is 125 Å². The summed E-state index contributed by atoms with van der Waals surface area (Å²) in [4.78, 5) is 28.6. The van der Waals surface area contributed by atoms with E-state index >= 15 is 0 Å². The number of aryl methyl sites for hydroxylation is 1. The van der Waals surface area contributed by atoms with Crippen molar-refractivity contribution in [3.63, 3.8) is 0 Å². The highest BCUT2D eigenvalue weighted by atomic mass is 32.1. The summed E-state index contributed by atoms with van der Waals surface area (Å²) in [6.45, 7) is 1.40. The number of anilines is 1. The van der Waals surface area contributed by atoms with Gasteiger partial charge in [0.1, 0.15) is 12.3 Å². The number of carbonyl (C=O) groups excluding carboxylic acids is 1. The van der Waals surface area contributed by atoms with E-state index in [4.69, 9.17) is 5.11 Å². The lowest BCUT2D eigenvalue weighted by Gasteiger charge is -2.20. The van der Waals surface area contributed by atoms with Gasteiger partial charge in [0.05, 0.1) is 17.1 Å². The Morgan fingerprint density at radius 2 is 1.95 bits per heavy atom. The highest BCUT2D eigenvalue weighted by Crippen LogP contribution is 2.20. The fourth-order valence-electron chi connectivity index (χ4n) is 1.83. The van der Waals surface area contributed by atoms with Gasteiger partial charge in [0, 0.05) is 11.1 Å². The molecule has 110 valence electrons. The first-order valence-electron chi connectivity index (χ1n) is 6.18. The number of rotatable bonds is 5. The van der Waals surface area contributed by atoms with Crippen molar-refractivity contribution < 1.29 is 19.8 Å². The van der Waals surface area contributed by atoms with Crippen molar-refractivity contribution in [1.29, 1.82) is 0 Å². The molecule has 1 aromatic heterocycles. The van der Waals surface area contributed by atoms with Crippen LogP contribution in [0, 0.1) is 6.92 Å². The van der Waals surface area contributed by atoms with Gasteiger partial charge in [-0.2, -0.15) is 0 Å². The number of thiazole rings is 1. The van der Waals surface area contributed by atoms with Crippen molar-refractivity contribution in [2.45, 2.75) is 13.3 Å². The van der Waals surface area contributed by atoms with Gasteiger partial charge in [-0.25, -0.2) is 4.98 Å². The smallest absolute Gasteiger partial charge is 0.323 e. The zero-order chi connectivity index (χ0) is 15.4. The quantitative estimate of drug-likeness (QED) is 0.879. The molecule has 1 aromatic carbocycles. The van der Waals surface area contributed by atoms with Gasteiger partial charge in [-0.3, -0.25) is 9.59 Å². The van der Waals surface area contributed by atoms with Gasteiger partial charge in [0.25, 0.3) is 0 Å². The summed E-state index contributed by atoms with van der Waals surface area (Å²) in [6, 6.07) is 5.82. The van der Waals surface area contributed by atoms with Crippen LogP contribution < -0.4 is 4.90 Å². The minimum Gasteiger partial charge on any atom is -0.508 e. The SMILES string of the molecule is Cc1nc(CC(=O)N(CC(=O)O)c2ccc(O)cc2)cs1. The van der Waals surface area contributed by atoms with E-state index in [1.165, 1.54) is 35.6 Å². The summed E-state index contributed by atoms with van der Waals surface area (Å²) < 4.78 is 0. The van der Waals surface area contributed by atoms with Crippen LogP contribution in [0.15, 0.2) is 29.6 Å². The van der Waals surface area contributed by atoms with Crippen molar-refractivity contribution in [3.05, 3.63) is 40.3 Å². The molecular formula is C14H14N2O4S. The third kappa shape index (κ3) is 4.03. The van der Waals surface area contributed by atoms with Gasteiger partial charge in [-0.15, -0.1) is 11.3 Å². The second kappa shape index (κ2) is 6.36. The number of carboxylic acid groups (broad SMARTS) is 1. The molecular weight excluding hydrogens is 292 g/mol. The maximum absolute atomic E-state index is 12.3.